The second kappa shape index (κ2) is 9.42. The van der Waals surface area contributed by atoms with E-state index in [1.807, 2.05) is 15.7 Å². The Balaban J connectivity index is 1.58. The van der Waals surface area contributed by atoms with Gasteiger partial charge in [0.05, 0.1) is 23.2 Å². The molecule has 0 saturated carbocycles. The first-order valence-corrected chi connectivity index (χ1v) is 10.8. The van der Waals surface area contributed by atoms with Crippen molar-refractivity contribution in [2.45, 2.75) is 31.7 Å². The Kier molecular flexibility index (Phi) is 6.42. The summed E-state index contributed by atoms with van der Waals surface area (Å²) >= 11 is 5.95. The SMILES string of the molecule is N#CCCn1cc(-c2ccc(F)c(Cl)c2)nc1C1CCN(c2ncnc(N)c2C(N)=O)CC1. The maximum Gasteiger partial charge on any atom is 0.256 e. The zero-order valence-electron chi connectivity index (χ0n) is 17.7. The molecule has 3 aromatic rings. The number of aryl methyl sites for hydroxylation is 1. The van der Waals surface area contributed by atoms with Gasteiger partial charge in [-0.05, 0) is 31.0 Å². The van der Waals surface area contributed by atoms with E-state index in [9.17, 15) is 9.18 Å². The van der Waals surface area contributed by atoms with Gasteiger partial charge in [0.2, 0.25) is 0 Å². The quantitative estimate of drug-likeness (QED) is 0.566. The number of nitrogens with zero attached hydrogens (tertiary/aromatic N) is 6. The third kappa shape index (κ3) is 4.59. The molecule has 1 aliphatic heterocycles. The second-order valence-electron chi connectivity index (χ2n) is 7.80. The van der Waals surface area contributed by atoms with E-state index in [0.29, 0.717) is 43.1 Å². The summed E-state index contributed by atoms with van der Waals surface area (Å²) in [6.07, 6.45) is 5.02. The molecule has 0 atom stereocenters. The fourth-order valence-electron chi connectivity index (χ4n) is 4.12. The number of carbonyl (C=O) groups is 1. The molecule has 0 spiro atoms. The van der Waals surface area contributed by atoms with Crippen molar-refractivity contribution in [1.29, 1.82) is 5.26 Å². The molecule has 1 amide bonds. The minimum absolute atomic E-state index is 0.0308. The Bertz CT molecular complexity index is 1230. The molecule has 4 rings (SSSR count). The van der Waals surface area contributed by atoms with Crippen molar-refractivity contribution in [3.8, 4) is 17.3 Å². The molecule has 1 aliphatic rings. The van der Waals surface area contributed by atoms with E-state index in [1.165, 1.54) is 12.4 Å². The van der Waals surface area contributed by atoms with Crippen LogP contribution in [0.15, 0.2) is 30.7 Å². The van der Waals surface area contributed by atoms with Gasteiger partial charge in [-0.25, -0.2) is 19.3 Å². The number of nitriles is 1. The highest BCUT2D eigenvalue weighted by molar-refractivity contribution is 6.31. The van der Waals surface area contributed by atoms with Crippen molar-refractivity contribution < 1.29 is 9.18 Å². The maximum atomic E-state index is 13.6. The van der Waals surface area contributed by atoms with Gasteiger partial charge in [-0.1, -0.05) is 11.6 Å². The van der Waals surface area contributed by atoms with Gasteiger partial charge in [0.15, 0.2) is 0 Å². The van der Waals surface area contributed by atoms with Crippen molar-refractivity contribution in [2.75, 3.05) is 23.7 Å². The number of amides is 1. The van der Waals surface area contributed by atoms with E-state index < -0.39 is 11.7 Å². The zero-order valence-corrected chi connectivity index (χ0v) is 18.5. The molecule has 0 radical (unpaired) electrons. The van der Waals surface area contributed by atoms with Crippen molar-refractivity contribution in [3.05, 3.63) is 53.0 Å². The number of aromatic nitrogens is 4. The average molecular weight is 469 g/mol. The van der Waals surface area contributed by atoms with Crippen LogP contribution in [0.4, 0.5) is 16.0 Å². The fourth-order valence-corrected chi connectivity index (χ4v) is 4.30. The van der Waals surface area contributed by atoms with Crippen molar-refractivity contribution in [2.24, 2.45) is 5.73 Å². The van der Waals surface area contributed by atoms with E-state index in [1.54, 1.807) is 12.1 Å². The van der Waals surface area contributed by atoms with Crippen molar-refractivity contribution in [3.63, 3.8) is 0 Å². The molecule has 0 unspecified atom stereocenters. The summed E-state index contributed by atoms with van der Waals surface area (Å²) in [4.78, 5) is 26.8. The number of rotatable bonds is 6. The number of nitrogens with two attached hydrogens (primary N) is 2. The number of imidazole rings is 1. The lowest BCUT2D eigenvalue weighted by atomic mass is 9.95. The molecule has 4 N–H and O–H groups in total. The van der Waals surface area contributed by atoms with Crippen LogP contribution in [0.1, 0.15) is 41.4 Å². The fraction of sp³-hybridized carbons (Fsp3) is 0.318. The molecule has 2 aromatic heterocycles. The van der Waals surface area contributed by atoms with E-state index in [0.717, 1.165) is 18.7 Å². The minimum atomic E-state index is -0.667. The highest BCUT2D eigenvalue weighted by atomic mass is 35.5. The Labute approximate surface area is 194 Å². The van der Waals surface area contributed by atoms with Gasteiger partial charge in [0.25, 0.3) is 5.91 Å². The summed E-state index contributed by atoms with van der Waals surface area (Å²) in [5, 5.41) is 9.09. The molecule has 3 heterocycles. The van der Waals surface area contributed by atoms with Gasteiger partial charge in [0, 0.05) is 37.3 Å². The molecule has 33 heavy (non-hydrogen) atoms. The normalized spacial score (nSPS) is 14.3. The lowest BCUT2D eigenvalue weighted by Crippen LogP contribution is -2.36. The number of benzene rings is 1. The smallest absolute Gasteiger partial charge is 0.256 e. The molecule has 1 aromatic carbocycles. The predicted octanol–water partition coefficient (Wildman–Crippen LogP) is 3.11. The number of anilines is 2. The van der Waals surface area contributed by atoms with Gasteiger partial charge in [0.1, 0.15) is 35.2 Å². The second-order valence-corrected chi connectivity index (χ2v) is 8.21. The van der Waals surface area contributed by atoms with Crippen LogP contribution in [0, 0.1) is 17.1 Å². The minimum Gasteiger partial charge on any atom is -0.383 e. The summed E-state index contributed by atoms with van der Waals surface area (Å²) < 4.78 is 15.6. The van der Waals surface area contributed by atoms with E-state index in [4.69, 9.17) is 33.3 Å². The molecule has 0 bridgehead atoms. The number of nitrogen functional groups attached to an aromatic ring is 1. The highest BCUT2D eigenvalue weighted by Gasteiger charge is 2.28. The van der Waals surface area contributed by atoms with Crippen LogP contribution < -0.4 is 16.4 Å². The molecule has 170 valence electrons. The van der Waals surface area contributed by atoms with Crippen LogP contribution in [-0.2, 0) is 6.54 Å². The summed E-state index contributed by atoms with van der Waals surface area (Å²) in [6, 6.07) is 6.66. The lowest BCUT2D eigenvalue weighted by Gasteiger charge is -2.33. The third-order valence-electron chi connectivity index (χ3n) is 5.75. The first-order valence-electron chi connectivity index (χ1n) is 10.4. The van der Waals surface area contributed by atoms with E-state index in [-0.39, 0.29) is 22.3 Å². The average Bonchev–Trinajstić information content (AvgIpc) is 3.23. The zero-order chi connectivity index (χ0) is 23.5. The predicted molar refractivity (Wildman–Crippen MR) is 122 cm³/mol. The monoisotopic (exact) mass is 468 g/mol. The van der Waals surface area contributed by atoms with Crippen LogP contribution in [-0.4, -0.2) is 38.5 Å². The first kappa shape index (κ1) is 22.5. The molecular formula is C22H22ClFN8O. The van der Waals surface area contributed by atoms with Gasteiger partial charge in [-0.2, -0.15) is 5.26 Å². The molecule has 1 fully saturated rings. The highest BCUT2D eigenvalue weighted by Crippen LogP contribution is 2.33. The molecule has 0 aliphatic carbocycles. The van der Waals surface area contributed by atoms with Gasteiger partial charge in [-0.15, -0.1) is 0 Å². The molecule has 9 nitrogen and oxygen atoms in total. The lowest BCUT2D eigenvalue weighted by molar-refractivity contribution is 0.100. The summed E-state index contributed by atoms with van der Waals surface area (Å²) in [5.41, 5.74) is 12.8. The largest absolute Gasteiger partial charge is 0.383 e. The number of halogens is 2. The van der Waals surface area contributed by atoms with Crippen LogP contribution in [0.25, 0.3) is 11.3 Å². The Morgan fingerprint density at radius 1 is 1.30 bits per heavy atom. The van der Waals surface area contributed by atoms with E-state index in [2.05, 4.69) is 16.0 Å². The van der Waals surface area contributed by atoms with Crippen molar-refractivity contribution >= 4 is 29.1 Å². The standard InChI is InChI=1S/C22H22ClFN8O/c23-15-10-14(2-3-16(15)24)17-11-32(7-1-6-25)21(30-17)13-4-8-31(9-5-13)22-18(20(27)33)19(26)28-12-29-22/h2-3,10-13H,1,4-5,7-9H2,(H2,27,33)(H2,26,28,29). The first-order chi connectivity index (χ1) is 15.9. The number of hydrogen-bond donors (Lipinski definition) is 2. The van der Waals surface area contributed by atoms with Crippen LogP contribution in [0.5, 0.6) is 0 Å². The van der Waals surface area contributed by atoms with E-state index >= 15 is 0 Å². The molecule has 1 saturated heterocycles. The maximum absolute atomic E-state index is 13.6. The van der Waals surface area contributed by atoms with Gasteiger partial charge >= 0.3 is 0 Å². The molecular weight excluding hydrogens is 447 g/mol. The molecule has 11 heteroatoms. The number of primary amides is 1. The topological polar surface area (TPSA) is 140 Å². The number of hydrogen-bond acceptors (Lipinski definition) is 7. The Morgan fingerprint density at radius 2 is 2.06 bits per heavy atom. The van der Waals surface area contributed by atoms with Crippen LogP contribution in [0.3, 0.4) is 0 Å². The number of carbonyl (C=O) groups excluding carboxylic acids is 1. The number of piperidine rings is 1. The van der Waals surface area contributed by atoms with Gasteiger partial charge < -0.3 is 20.9 Å². The summed E-state index contributed by atoms with van der Waals surface area (Å²) in [7, 11) is 0. The third-order valence-corrected chi connectivity index (χ3v) is 6.04. The summed E-state index contributed by atoms with van der Waals surface area (Å²) in [5.74, 6) is 0.322. The van der Waals surface area contributed by atoms with Crippen LogP contribution >= 0.6 is 11.6 Å². The Morgan fingerprint density at radius 3 is 2.73 bits per heavy atom. The Hall–Kier alpha value is -3.71. The summed E-state index contributed by atoms with van der Waals surface area (Å²) in [6.45, 7) is 1.73. The van der Waals surface area contributed by atoms with Crippen LogP contribution in [0.2, 0.25) is 5.02 Å². The van der Waals surface area contributed by atoms with Gasteiger partial charge in [-0.3, -0.25) is 4.79 Å². The van der Waals surface area contributed by atoms with Crippen molar-refractivity contribution in [1.82, 2.24) is 19.5 Å².